The molecule has 0 N–H and O–H groups in total. The molecule has 0 aliphatic heterocycles. The molecule has 6 nitrogen and oxygen atoms in total. The van der Waals surface area contributed by atoms with Gasteiger partial charge in [-0.15, -0.1) is 0 Å². The summed E-state index contributed by atoms with van der Waals surface area (Å²) in [4.78, 5) is 35.9. The van der Waals surface area contributed by atoms with Gasteiger partial charge in [-0.25, -0.2) is 4.79 Å². The van der Waals surface area contributed by atoms with Gasteiger partial charge in [0.05, 0.1) is 10.8 Å². The normalized spacial score (nSPS) is 12.1. The van der Waals surface area contributed by atoms with Gasteiger partial charge in [0.25, 0.3) is 0 Å². The van der Waals surface area contributed by atoms with E-state index >= 15 is 0 Å². The first-order chi connectivity index (χ1) is 11.4. The Labute approximate surface area is 145 Å². The Bertz CT molecular complexity index is 877. The molecule has 1 aromatic heterocycles. The van der Waals surface area contributed by atoms with E-state index in [0.717, 1.165) is 0 Å². The highest BCUT2D eigenvalue weighted by Gasteiger charge is 2.28. The molecular weight excluding hydrogens is 324 g/mol. The fourth-order valence-corrected chi connectivity index (χ4v) is 1.74. The van der Waals surface area contributed by atoms with Gasteiger partial charge in [-0.2, -0.15) is 0 Å². The van der Waals surface area contributed by atoms with E-state index in [9.17, 15) is 14.4 Å². The molecule has 0 spiro atoms. The molecule has 2 rings (SSSR count). The molecule has 2 aromatic rings. The zero-order valence-electron chi connectivity index (χ0n) is 15.3. The number of carbonyl (C=O) groups excluding carboxylic acids is 2. The molecule has 0 unspecified atom stereocenters. The molecule has 0 radical (unpaired) electrons. The maximum atomic E-state index is 12.2. The highest BCUT2D eigenvalue weighted by Crippen LogP contribution is 2.35. The predicted molar refractivity (Wildman–Crippen MR) is 92.7 cm³/mol. The Kier molecular flexibility index (Phi) is 4.75. The lowest BCUT2D eigenvalue weighted by atomic mass is 9.97. The average molecular weight is 346 g/mol. The molecule has 0 bridgehead atoms. The second kappa shape index (κ2) is 6.35. The first-order valence-electron chi connectivity index (χ1n) is 7.90. The molecule has 0 aliphatic rings. The van der Waals surface area contributed by atoms with E-state index in [-0.39, 0.29) is 17.1 Å². The van der Waals surface area contributed by atoms with Gasteiger partial charge in [0.1, 0.15) is 5.58 Å². The van der Waals surface area contributed by atoms with Crippen molar-refractivity contribution in [3.05, 3.63) is 34.7 Å². The van der Waals surface area contributed by atoms with Crippen molar-refractivity contribution in [1.82, 2.24) is 0 Å². The summed E-state index contributed by atoms with van der Waals surface area (Å²) in [5.74, 6) is -0.853. The Balaban J connectivity index is 2.54. The lowest BCUT2D eigenvalue weighted by molar-refractivity contribution is -0.145. The minimum Gasteiger partial charge on any atom is -0.423 e. The highest BCUT2D eigenvalue weighted by atomic mass is 16.6. The summed E-state index contributed by atoms with van der Waals surface area (Å²) in [6, 6.07) is 5.70. The average Bonchev–Trinajstić information content (AvgIpc) is 2.45. The van der Waals surface area contributed by atoms with Crippen LogP contribution < -0.4 is 15.1 Å². The maximum Gasteiger partial charge on any atom is 0.336 e. The number of ether oxygens (including phenoxy) is 2. The number of esters is 2. The van der Waals surface area contributed by atoms with Gasteiger partial charge >= 0.3 is 17.6 Å². The lowest BCUT2D eigenvalue weighted by Crippen LogP contribution is -2.27. The number of carbonyl (C=O) groups is 2. The highest BCUT2D eigenvalue weighted by molar-refractivity contribution is 5.86. The Hall–Kier alpha value is -2.63. The van der Waals surface area contributed by atoms with Crippen molar-refractivity contribution in [2.45, 2.75) is 41.5 Å². The van der Waals surface area contributed by atoms with Crippen LogP contribution in [0.25, 0.3) is 11.0 Å². The Morgan fingerprint density at radius 2 is 1.32 bits per heavy atom. The molecule has 134 valence electrons. The smallest absolute Gasteiger partial charge is 0.336 e. The van der Waals surface area contributed by atoms with Crippen molar-refractivity contribution >= 4 is 22.9 Å². The van der Waals surface area contributed by atoms with Crippen LogP contribution in [0.3, 0.4) is 0 Å². The predicted octanol–water partition coefficient (Wildman–Crippen LogP) is 3.70. The van der Waals surface area contributed by atoms with Crippen LogP contribution in [0.4, 0.5) is 0 Å². The quantitative estimate of drug-likeness (QED) is 0.468. The number of rotatable bonds is 2. The SMILES string of the molecule is CC(C)(C)C(=O)Oc1cc2ccc(=O)oc2cc1OC(=O)C(C)(C)C. The fourth-order valence-electron chi connectivity index (χ4n) is 1.74. The Morgan fingerprint density at radius 3 is 1.80 bits per heavy atom. The second-order valence-corrected chi connectivity index (χ2v) is 7.87. The van der Waals surface area contributed by atoms with Crippen LogP contribution in [0.5, 0.6) is 11.5 Å². The number of benzene rings is 1. The Morgan fingerprint density at radius 1 is 0.840 bits per heavy atom. The zero-order chi connectivity index (χ0) is 19.0. The standard InChI is InChI=1S/C19H22O6/c1-18(2,3)16(21)24-13-9-11-7-8-15(20)23-12(11)10-14(13)25-17(22)19(4,5)6/h7-10H,1-6H3. The van der Waals surface area contributed by atoms with Crippen LogP contribution in [0, 0.1) is 10.8 Å². The van der Waals surface area contributed by atoms with E-state index in [1.54, 1.807) is 47.6 Å². The third-order valence-corrected chi connectivity index (χ3v) is 3.32. The monoisotopic (exact) mass is 346 g/mol. The largest absolute Gasteiger partial charge is 0.423 e. The molecule has 0 saturated heterocycles. The number of hydrogen-bond acceptors (Lipinski definition) is 6. The van der Waals surface area contributed by atoms with Crippen LogP contribution in [-0.4, -0.2) is 11.9 Å². The van der Waals surface area contributed by atoms with Crippen LogP contribution >= 0.6 is 0 Å². The van der Waals surface area contributed by atoms with Crippen molar-refractivity contribution in [3.63, 3.8) is 0 Å². The molecule has 25 heavy (non-hydrogen) atoms. The van der Waals surface area contributed by atoms with Gasteiger partial charge < -0.3 is 13.9 Å². The molecular formula is C19H22O6. The molecule has 0 amide bonds. The first-order valence-corrected chi connectivity index (χ1v) is 7.90. The van der Waals surface area contributed by atoms with E-state index in [0.29, 0.717) is 5.39 Å². The third kappa shape index (κ3) is 4.47. The summed E-state index contributed by atoms with van der Waals surface area (Å²) in [6.45, 7) is 10.3. The van der Waals surface area contributed by atoms with Crippen molar-refractivity contribution < 1.29 is 23.5 Å². The summed E-state index contributed by atoms with van der Waals surface area (Å²) in [5, 5.41) is 0.548. The van der Waals surface area contributed by atoms with Gasteiger partial charge in [0, 0.05) is 17.5 Å². The molecule has 0 atom stereocenters. The summed E-state index contributed by atoms with van der Waals surface area (Å²) in [5.41, 5.74) is -1.78. The third-order valence-electron chi connectivity index (χ3n) is 3.32. The van der Waals surface area contributed by atoms with Crippen molar-refractivity contribution in [3.8, 4) is 11.5 Å². The van der Waals surface area contributed by atoms with E-state index in [1.807, 2.05) is 0 Å². The summed E-state index contributed by atoms with van der Waals surface area (Å²) in [7, 11) is 0. The van der Waals surface area contributed by atoms with Crippen molar-refractivity contribution in [2.75, 3.05) is 0 Å². The van der Waals surface area contributed by atoms with E-state index in [4.69, 9.17) is 13.9 Å². The molecule has 0 saturated carbocycles. The van der Waals surface area contributed by atoms with Gasteiger partial charge in [-0.1, -0.05) is 0 Å². The van der Waals surface area contributed by atoms with Crippen LogP contribution in [0.15, 0.2) is 33.5 Å². The van der Waals surface area contributed by atoms with Crippen molar-refractivity contribution in [2.24, 2.45) is 10.8 Å². The zero-order valence-corrected chi connectivity index (χ0v) is 15.3. The molecule has 6 heteroatoms. The maximum absolute atomic E-state index is 12.2. The lowest BCUT2D eigenvalue weighted by Gasteiger charge is -2.20. The molecule has 1 heterocycles. The minimum atomic E-state index is -0.752. The summed E-state index contributed by atoms with van der Waals surface area (Å²) < 4.78 is 15.9. The summed E-state index contributed by atoms with van der Waals surface area (Å²) in [6.07, 6.45) is 0. The van der Waals surface area contributed by atoms with Crippen molar-refractivity contribution in [1.29, 1.82) is 0 Å². The molecule has 0 aliphatic carbocycles. The number of hydrogen-bond donors (Lipinski definition) is 0. The van der Waals surface area contributed by atoms with E-state index < -0.39 is 28.4 Å². The van der Waals surface area contributed by atoms with Crippen LogP contribution in [0.2, 0.25) is 0 Å². The van der Waals surface area contributed by atoms with Crippen LogP contribution in [0.1, 0.15) is 41.5 Å². The fraction of sp³-hybridized carbons (Fsp3) is 0.421. The molecule has 1 aromatic carbocycles. The van der Waals surface area contributed by atoms with E-state index in [1.165, 1.54) is 18.2 Å². The second-order valence-electron chi connectivity index (χ2n) is 7.87. The first kappa shape index (κ1) is 18.7. The molecule has 0 fully saturated rings. The van der Waals surface area contributed by atoms with Gasteiger partial charge in [0.2, 0.25) is 0 Å². The minimum absolute atomic E-state index is 0.0272. The van der Waals surface area contributed by atoms with Gasteiger partial charge in [-0.05, 0) is 53.7 Å². The van der Waals surface area contributed by atoms with Crippen LogP contribution in [-0.2, 0) is 9.59 Å². The topological polar surface area (TPSA) is 82.8 Å². The number of fused-ring (bicyclic) bond motifs is 1. The van der Waals surface area contributed by atoms with E-state index in [2.05, 4.69) is 0 Å². The van der Waals surface area contributed by atoms with Gasteiger partial charge in [-0.3, -0.25) is 9.59 Å². The summed E-state index contributed by atoms with van der Waals surface area (Å²) >= 11 is 0. The van der Waals surface area contributed by atoms with Gasteiger partial charge in [0.15, 0.2) is 11.5 Å².